The normalized spacial score (nSPS) is 11.2. The Kier molecular flexibility index (Phi) is 2.85. The predicted molar refractivity (Wildman–Crippen MR) is 68.1 cm³/mol. The van der Waals surface area contributed by atoms with Gasteiger partial charge in [0.05, 0.1) is 5.52 Å². The summed E-state index contributed by atoms with van der Waals surface area (Å²) in [7, 11) is 2.10. The molecule has 1 aromatic carbocycles. The van der Waals surface area contributed by atoms with Crippen LogP contribution in [0.4, 0.5) is 0 Å². The molecule has 0 bridgehead atoms. The Hall–Kier alpha value is -0.800. The second-order valence-electron chi connectivity index (χ2n) is 3.80. The van der Waals surface area contributed by atoms with Crippen LogP contribution in [0, 0.1) is 6.92 Å². The summed E-state index contributed by atoms with van der Waals surface area (Å²) in [5, 5.41) is 1.31. The number of nitrogens with zero attached hydrogens (tertiary/aromatic N) is 1. The van der Waals surface area contributed by atoms with Crippen molar-refractivity contribution in [3.05, 3.63) is 33.9 Å². The van der Waals surface area contributed by atoms with Gasteiger partial charge in [-0.3, -0.25) is 0 Å². The average molecular weight is 267 g/mol. The van der Waals surface area contributed by atoms with Gasteiger partial charge in [-0.05, 0) is 47.4 Å². The minimum atomic E-state index is 0.701. The molecule has 0 unspecified atom stereocenters. The number of hydrogen-bond donors (Lipinski definition) is 1. The molecule has 0 saturated heterocycles. The van der Waals surface area contributed by atoms with Gasteiger partial charge >= 0.3 is 0 Å². The van der Waals surface area contributed by atoms with Crippen molar-refractivity contribution in [2.45, 2.75) is 13.3 Å². The summed E-state index contributed by atoms with van der Waals surface area (Å²) in [5.74, 6) is 0. The highest BCUT2D eigenvalue weighted by Crippen LogP contribution is 2.30. The quantitative estimate of drug-likeness (QED) is 0.891. The highest BCUT2D eigenvalue weighted by Gasteiger charge is 2.12. The molecule has 15 heavy (non-hydrogen) atoms. The highest BCUT2D eigenvalue weighted by molar-refractivity contribution is 9.10. The second-order valence-corrected chi connectivity index (χ2v) is 4.65. The van der Waals surface area contributed by atoms with E-state index in [2.05, 4.69) is 52.7 Å². The summed E-state index contributed by atoms with van der Waals surface area (Å²) in [6.45, 7) is 2.85. The number of fused-ring (bicyclic) bond motifs is 1. The standard InChI is InChI=1S/C12H15BrN2/c1-8-9(6-7-14)10-4-3-5-11(13)12(10)15(8)2/h3-5H,6-7,14H2,1-2H3. The molecule has 0 aliphatic heterocycles. The molecule has 0 spiro atoms. The number of rotatable bonds is 2. The number of aromatic nitrogens is 1. The van der Waals surface area contributed by atoms with E-state index in [4.69, 9.17) is 5.73 Å². The summed E-state index contributed by atoms with van der Waals surface area (Å²) in [4.78, 5) is 0. The summed E-state index contributed by atoms with van der Waals surface area (Å²) >= 11 is 3.59. The first-order chi connectivity index (χ1) is 7.16. The topological polar surface area (TPSA) is 30.9 Å². The Morgan fingerprint density at radius 3 is 2.80 bits per heavy atom. The number of hydrogen-bond acceptors (Lipinski definition) is 1. The summed E-state index contributed by atoms with van der Waals surface area (Å²) in [5.41, 5.74) is 9.59. The van der Waals surface area contributed by atoms with Crippen molar-refractivity contribution >= 4 is 26.8 Å². The maximum atomic E-state index is 5.65. The zero-order valence-corrected chi connectivity index (χ0v) is 10.6. The van der Waals surface area contributed by atoms with E-state index in [1.54, 1.807) is 0 Å². The number of halogens is 1. The molecule has 1 aromatic heterocycles. The van der Waals surface area contributed by atoms with E-state index in [1.165, 1.54) is 22.2 Å². The van der Waals surface area contributed by atoms with Gasteiger partial charge in [-0.2, -0.15) is 0 Å². The Morgan fingerprint density at radius 2 is 2.13 bits per heavy atom. The molecule has 0 saturated carbocycles. The van der Waals surface area contributed by atoms with E-state index in [-0.39, 0.29) is 0 Å². The van der Waals surface area contributed by atoms with Crippen molar-refractivity contribution < 1.29 is 0 Å². The van der Waals surface area contributed by atoms with Crippen LogP contribution in [0.25, 0.3) is 10.9 Å². The first-order valence-electron chi connectivity index (χ1n) is 5.09. The number of aryl methyl sites for hydroxylation is 1. The molecule has 0 fully saturated rings. The minimum absolute atomic E-state index is 0.701. The Balaban J connectivity index is 2.81. The molecule has 0 atom stereocenters. The first kappa shape index (κ1) is 10.7. The maximum absolute atomic E-state index is 5.65. The van der Waals surface area contributed by atoms with Crippen LogP contribution in [0.3, 0.4) is 0 Å². The lowest BCUT2D eigenvalue weighted by molar-refractivity contribution is 0.881. The van der Waals surface area contributed by atoms with Gasteiger partial charge in [-0.25, -0.2) is 0 Å². The van der Waals surface area contributed by atoms with Crippen LogP contribution >= 0.6 is 15.9 Å². The Labute approximate surface area is 98.2 Å². The number of nitrogens with two attached hydrogens (primary N) is 1. The molecular formula is C12H15BrN2. The molecule has 0 aliphatic rings. The fourth-order valence-corrected chi connectivity index (χ4v) is 2.76. The van der Waals surface area contributed by atoms with Gasteiger partial charge < -0.3 is 10.3 Å². The van der Waals surface area contributed by atoms with Gasteiger partial charge in [0.2, 0.25) is 0 Å². The van der Waals surface area contributed by atoms with Gasteiger partial charge in [0.25, 0.3) is 0 Å². The molecule has 2 aromatic rings. The molecule has 80 valence electrons. The predicted octanol–water partition coefficient (Wildman–Crippen LogP) is 2.75. The SMILES string of the molecule is Cc1c(CCN)c2cccc(Br)c2n1C. The van der Waals surface area contributed by atoms with Crippen molar-refractivity contribution in [2.24, 2.45) is 12.8 Å². The van der Waals surface area contributed by atoms with E-state index < -0.39 is 0 Å². The van der Waals surface area contributed by atoms with Crippen molar-refractivity contribution in [3.8, 4) is 0 Å². The fourth-order valence-electron chi connectivity index (χ4n) is 2.12. The van der Waals surface area contributed by atoms with Gasteiger partial charge in [0, 0.05) is 22.6 Å². The molecule has 1 heterocycles. The third-order valence-electron chi connectivity index (χ3n) is 2.98. The molecule has 2 nitrogen and oxygen atoms in total. The van der Waals surface area contributed by atoms with Crippen molar-refractivity contribution in [1.82, 2.24) is 4.57 Å². The number of para-hydroxylation sites is 1. The zero-order chi connectivity index (χ0) is 11.0. The van der Waals surface area contributed by atoms with E-state index in [1.807, 2.05) is 0 Å². The molecular weight excluding hydrogens is 252 g/mol. The molecule has 3 heteroatoms. The van der Waals surface area contributed by atoms with Crippen LogP contribution in [0.1, 0.15) is 11.3 Å². The molecule has 2 rings (SSSR count). The van der Waals surface area contributed by atoms with Gasteiger partial charge in [0.1, 0.15) is 0 Å². The van der Waals surface area contributed by atoms with Gasteiger partial charge in [-0.1, -0.05) is 12.1 Å². The van der Waals surface area contributed by atoms with Crippen LogP contribution in [-0.2, 0) is 13.5 Å². The third-order valence-corrected chi connectivity index (χ3v) is 3.62. The summed E-state index contributed by atoms with van der Waals surface area (Å²) < 4.78 is 3.37. The van der Waals surface area contributed by atoms with Crippen LogP contribution in [-0.4, -0.2) is 11.1 Å². The van der Waals surface area contributed by atoms with Crippen molar-refractivity contribution in [3.63, 3.8) is 0 Å². The van der Waals surface area contributed by atoms with Crippen LogP contribution in [0.15, 0.2) is 22.7 Å². The lowest BCUT2D eigenvalue weighted by Gasteiger charge is -2.00. The monoisotopic (exact) mass is 266 g/mol. The summed E-state index contributed by atoms with van der Waals surface area (Å²) in [6.07, 6.45) is 0.944. The minimum Gasteiger partial charge on any atom is -0.347 e. The fraction of sp³-hybridized carbons (Fsp3) is 0.333. The molecule has 0 amide bonds. The van der Waals surface area contributed by atoms with E-state index in [0.29, 0.717) is 6.54 Å². The lowest BCUT2D eigenvalue weighted by atomic mass is 10.1. The largest absolute Gasteiger partial charge is 0.347 e. The van der Waals surface area contributed by atoms with Crippen LogP contribution in [0.2, 0.25) is 0 Å². The number of benzene rings is 1. The Morgan fingerprint density at radius 1 is 1.40 bits per heavy atom. The Bertz CT molecular complexity index is 500. The van der Waals surface area contributed by atoms with E-state index in [0.717, 1.165) is 10.9 Å². The van der Waals surface area contributed by atoms with E-state index >= 15 is 0 Å². The first-order valence-corrected chi connectivity index (χ1v) is 5.88. The molecule has 2 N–H and O–H groups in total. The van der Waals surface area contributed by atoms with E-state index in [9.17, 15) is 0 Å². The smallest absolute Gasteiger partial charge is 0.0627 e. The zero-order valence-electron chi connectivity index (χ0n) is 9.05. The highest BCUT2D eigenvalue weighted by atomic mass is 79.9. The molecule has 0 radical (unpaired) electrons. The lowest BCUT2D eigenvalue weighted by Crippen LogP contribution is -2.03. The summed E-state index contributed by atoms with van der Waals surface area (Å²) in [6, 6.07) is 6.32. The maximum Gasteiger partial charge on any atom is 0.0627 e. The van der Waals surface area contributed by atoms with Crippen LogP contribution < -0.4 is 5.73 Å². The van der Waals surface area contributed by atoms with Gasteiger partial charge in [0.15, 0.2) is 0 Å². The van der Waals surface area contributed by atoms with Crippen LogP contribution in [0.5, 0.6) is 0 Å². The average Bonchev–Trinajstić information content (AvgIpc) is 2.45. The molecule has 0 aliphatic carbocycles. The van der Waals surface area contributed by atoms with Gasteiger partial charge in [-0.15, -0.1) is 0 Å². The second kappa shape index (κ2) is 3.99. The van der Waals surface area contributed by atoms with Crippen molar-refractivity contribution in [2.75, 3.05) is 6.54 Å². The van der Waals surface area contributed by atoms with Crippen molar-refractivity contribution in [1.29, 1.82) is 0 Å². The third kappa shape index (κ3) is 1.60.